The van der Waals surface area contributed by atoms with Gasteiger partial charge in [-0.3, -0.25) is 14.4 Å². The van der Waals surface area contributed by atoms with E-state index in [4.69, 9.17) is 4.42 Å². The molecule has 3 rings (SSSR count). The fourth-order valence-corrected chi connectivity index (χ4v) is 3.12. The van der Waals surface area contributed by atoms with Crippen LogP contribution in [0.2, 0.25) is 0 Å². The molecule has 0 radical (unpaired) electrons. The SMILES string of the molecule is Cc1ocnc1C(=O)NCc1cc2n(n1)CCCN(CC(C)C)C2. The molecule has 0 spiro atoms. The van der Waals surface area contributed by atoms with Crippen LogP contribution in [0, 0.1) is 12.8 Å². The summed E-state index contributed by atoms with van der Waals surface area (Å²) in [7, 11) is 0. The second-order valence-corrected chi connectivity index (χ2v) is 6.77. The lowest BCUT2D eigenvalue weighted by molar-refractivity contribution is 0.0944. The largest absolute Gasteiger partial charge is 0.448 e. The van der Waals surface area contributed by atoms with Crippen LogP contribution in [-0.2, 0) is 19.6 Å². The molecule has 0 unspecified atom stereocenters. The second kappa shape index (κ2) is 7.17. The van der Waals surface area contributed by atoms with Crippen LogP contribution in [0.4, 0.5) is 0 Å². The third-order valence-corrected chi connectivity index (χ3v) is 4.16. The number of amides is 1. The number of nitrogens with zero attached hydrogens (tertiary/aromatic N) is 4. The first kappa shape index (κ1) is 16.7. The number of aryl methyl sites for hydroxylation is 2. The van der Waals surface area contributed by atoms with Gasteiger partial charge in [-0.05, 0) is 25.3 Å². The molecule has 0 fully saturated rings. The van der Waals surface area contributed by atoms with Crippen LogP contribution in [0.3, 0.4) is 0 Å². The second-order valence-electron chi connectivity index (χ2n) is 6.77. The molecule has 3 heterocycles. The Morgan fingerprint density at radius 2 is 2.25 bits per heavy atom. The number of nitrogens with one attached hydrogen (secondary N) is 1. The Labute approximate surface area is 142 Å². The number of fused-ring (bicyclic) bond motifs is 1. The van der Waals surface area contributed by atoms with E-state index < -0.39 is 0 Å². The van der Waals surface area contributed by atoms with Crippen molar-refractivity contribution in [2.24, 2.45) is 5.92 Å². The molecule has 1 N–H and O–H groups in total. The zero-order chi connectivity index (χ0) is 17.1. The minimum atomic E-state index is -0.231. The number of aromatic nitrogens is 3. The number of hydrogen-bond acceptors (Lipinski definition) is 5. The van der Waals surface area contributed by atoms with Gasteiger partial charge in [0, 0.05) is 26.2 Å². The maximum atomic E-state index is 12.1. The maximum Gasteiger partial charge on any atom is 0.273 e. The normalized spacial score (nSPS) is 15.3. The molecule has 7 heteroatoms. The fourth-order valence-electron chi connectivity index (χ4n) is 3.12. The summed E-state index contributed by atoms with van der Waals surface area (Å²) in [6.07, 6.45) is 2.39. The van der Waals surface area contributed by atoms with Gasteiger partial charge in [0.25, 0.3) is 5.91 Å². The van der Waals surface area contributed by atoms with E-state index in [0.717, 1.165) is 38.3 Å². The van der Waals surface area contributed by atoms with Gasteiger partial charge in [-0.1, -0.05) is 13.8 Å². The summed E-state index contributed by atoms with van der Waals surface area (Å²) < 4.78 is 7.14. The zero-order valence-electron chi connectivity index (χ0n) is 14.6. The van der Waals surface area contributed by atoms with Crippen molar-refractivity contribution in [1.29, 1.82) is 0 Å². The van der Waals surface area contributed by atoms with E-state index in [9.17, 15) is 4.79 Å². The van der Waals surface area contributed by atoms with Crippen LogP contribution in [0.25, 0.3) is 0 Å². The van der Waals surface area contributed by atoms with Gasteiger partial charge in [-0.25, -0.2) is 4.98 Å². The number of carbonyl (C=O) groups excluding carboxylic acids is 1. The summed E-state index contributed by atoms with van der Waals surface area (Å²) in [6.45, 7) is 10.7. The van der Waals surface area contributed by atoms with Gasteiger partial charge in [-0.15, -0.1) is 0 Å². The van der Waals surface area contributed by atoms with E-state index in [-0.39, 0.29) is 5.91 Å². The summed E-state index contributed by atoms with van der Waals surface area (Å²) in [6, 6.07) is 2.09. The smallest absolute Gasteiger partial charge is 0.273 e. The summed E-state index contributed by atoms with van der Waals surface area (Å²) in [5.41, 5.74) is 2.43. The highest BCUT2D eigenvalue weighted by Crippen LogP contribution is 2.15. The lowest BCUT2D eigenvalue weighted by Crippen LogP contribution is -2.27. The van der Waals surface area contributed by atoms with E-state index in [2.05, 4.69) is 44.9 Å². The first-order chi connectivity index (χ1) is 11.5. The van der Waals surface area contributed by atoms with Crippen LogP contribution >= 0.6 is 0 Å². The molecule has 1 aliphatic heterocycles. The highest BCUT2D eigenvalue weighted by molar-refractivity contribution is 5.92. The Morgan fingerprint density at radius 1 is 1.42 bits per heavy atom. The first-order valence-corrected chi connectivity index (χ1v) is 8.49. The third kappa shape index (κ3) is 3.84. The van der Waals surface area contributed by atoms with E-state index in [1.165, 1.54) is 12.1 Å². The van der Waals surface area contributed by atoms with Crippen molar-refractivity contribution >= 4 is 5.91 Å². The van der Waals surface area contributed by atoms with Gasteiger partial charge in [-0.2, -0.15) is 5.10 Å². The van der Waals surface area contributed by atoms with Crippen LogP contribution in [0.1, 0.15) is 47.9 Å². The monoisotopic (exact) mass is 331 g/mol. The van der Waals surface area contributed by atoms with E-state index >= 15 is 0 Å². The van der Waals surface area contributed by atoms with Crippen molar-refractivity contribution in [3.8, 4) is 0 Å². The molecule has 130 valence electrons. The van der Waals surface area contributed by atoms with Gasteiger partial charge in [0.15, 0.2) is 12.1 Å². The Morgan fingerprint density at radius 3 is 2.96 bits per heavy atom. The van der Waals surface area contributed by atoms with Crippen molar-refractivity contribution < 1.29 is 9.21 Å². The van der Waals surface area contributed by atoms with Gasteiger partial charge in [0.1, 0.15) is 5.76 Å². The molecule has 7 nitrogen and oxygen atoms in total. The summed E-state index contributed by atoms with van der Waals surface area (Å²) in [5.74, 6) is 0.951. The van der Waals surface area contributed by atoms with Crippen molar-refractivity contribution in [2.75, 3.05) is 13.1 Å². The van der Waals surface area contributed by atoms with E-state index in [1.54, 1.807) is 6.92 Å². The van der Waals surface area contributed by atoms with Crippen molar-refractivity contribution in [1.82, 2.24) is 25.0 Å². The Hall–Kier alpha value is -2.15. The lowest BCUT2D eigenvalue weighted by Gasteiger charge is -2.21. The summed E-state index contributed by atoms with van der Waals surface area (Å²) in [4.78, 5) is 18.5. The van der Waals surface area contributed by atoms with Crippen molar-refractivity contribution in [3.05, 3.63) is 35.3 Å². The molecule has 0 bridgehead atoms. The highest BCUT2D eigenvalue weighted by atomic mass is 16.3. The van der Waals surface area contributed by atoms with Crippen LogP contribution in [-0.4, -0.2) is 38.7 Å². The average Bonchev–Trinajstić information content (AvgIpc) is 3.06. The van der Waals surface area contributed by atoms with Gasteiger partial charge >= 0.3 is 0 Å². The topological polar surface area (TPSA) is 76.2 Å². The quantitative estimate of drug-likeness (QED) is 0.906. The fraction of sp³-hybridized carbons (Fsp3) is 0.588. The number of hydrogen-bond donors (Lipinski definition) is 1. The minimum Gasteiger partial charge on any atom is -0.448 e. The van der Waals surface area contributed by atoms with Gasteiger partial charge in [0.2, 0.25) is 0 Å². The third-order valence-electron chi connectivity index (χ3n) is 4.16. The summed E-state index contributed by atoms with van der Waals surface area (Å²) >= 11 is 0. The first-order valence-electron chi connectivity index (χ1n) is 8.49. The maximum absolute atomic E-state index is 12.1. The van der Waals surface area contributed by atoms with E-state index in [1.807, 2.05) is 0 Å². The van der Waals surface area contributed by atoms with Gasteiger partial charge < -0.3 is 9.73 Å². The molecule has 0 saturated heterocycles. The molecule has 24 heavy (non-hydrogen) atoms. The van der Waals surface area contributed by atoms with Crippen LogP contribution in [0.5, 0.6) is 0 Å². The average molecular weight is 331 g/mol. The van der Waals surface area contributed by atoms with Crippen LogP contribution < -0.4 is 5.32 Å². The molecule has 1 amide bonds. The Balaban J connectivity index is 1.62. The predicted octanol–water partition coefficient (Wildman–Crippen LogP) is 1.97. The molecule has 2 aromatic heterocycles. The molecule has 1 aliphatic rings. The van der Waals surface area contributed by atoms with Crippen molar-refractivity contribution in [2.45, 2.75) is 46.8 Å². The van der Waals surface area contributed by atoms with E-state index in [0.29, 0.717) is 23.9 Å². The molecule has 0 atom stereocenters. The minimum absolute atomic E-state index is 0.231. The molecule has 0 saturated carbocycles. The predicted molar refractivity (Wildman–Crippen MR) is 89.4 cm³/mol. The van der Waals surface area contributed by atoms with Crippen LogP contribution in [0.15, 0.2) is 16.9 Å². The molecular weight excluding hydrogens is 306 g/mol. The Kier molecular flexibility index (Phi) is 4.99. The number of oxazole rings is 1. The highest BCUT2D eigenvalue weighted by Gasteiger charge is 2.18. The molecular formula is C17H25N5O2. The summed E-state index contributed by atoms with van der Waals surface area (Å²) in [5, 5.41) is 7.49. The molecule has 0 aliphatic carbocycles. The molecule has 2 aromatic rings. The molecule has 0 aromatic carbocycles. The van der Waals surface area contributed by atoms with Crippen molar-refractivity contribution in [3.63, 3.8) is 0 Å². The van der Waals surface area contributed by atoms with Gasteiger partial charge in [0.05, 0.1) is 17.9 Å². The Bertz CT molecular complexity index is 704. The number of carbonyl (C=O) groups is 1. The lowest BCUT2D eigenvalue weighted by atomic mass is 10.2. The number of rotatable bonds is 5. The standard InChI is InChI=1S/C17H25N5O2/c1-12(2)9-21-5-4-6-22-15(10-21)7-14(20-22)8-18-17(23)16-13(3)24-11-19-16/h7,11-12H,4-6,8-10H2,1-3H3,(H,18,23). The zero-order valence-corrected chi connectivity index (χ0v) is 14.6.